The SMILES string of the molecule is O=C(N[C@@H]1C[C@H]2CCN(C2)C1)c1ccc2ccc(Br)n2c1. The molecule has 0 spiro atoms. The minimum absolute atomic E-state index is 0.0324. The number of piperidine rings is 1. The van der Waals surface area contributed by atoms with E-state index in [0.717, 1.165) is 29.0 Å². The maximum absolute atomic E-state index is 12.5. The molecule has 4 heterocycles. The summed E-state index contributed by atoms with van der Waals surface area (Å²) in [7, 11) is 0. The molecule has 1 amide bonds. The Morgan fingerprint density at radius 3 is 2.95 bits per heavy atom. The Hall–Kier alpha value is -1.33. The second-order valence-electron chi connectivity index (χ2n) is 6.19. The molecule has 2 aromatic heterocycles. The van der Waals surface area contributed by atoms with Gasteiger partial charge in [0.2, 0.25) is 0 Å². The molecular weight excluding hydrogens is 330 g/mol. The Balaban J connectivity index is 1.52. The standard InChI is InChI=1S/C16H18BrN3O/c17-15-4-3-14-2-1-12(9-20(14)15)16(21)18-13-7-11-5-6-19(8-11)10-13/h1-4,9,11,13H,5-8,10H2,(H,18,21)/t11-,13-/m1/s1. The average Bonchev–Trinajstić information content (AvgIpc) is 3.02. The van der Waals surface area contributed by atoms with E-state index in [4.69, 9.17) is 0 Å². The summed E-state index contributed by atoms with van der Waals surface area (Å²) in [5, 5.41) is 3.20. The maximum Gasteiger partial charge on any atom is 0.253 e. The summed E-state index contributed by atoms with van der Waals surface area (Å²) >= 11 is 3.50. The van der Waals surface area contributed by atoms with Gasteiger partial charge < -0.3 is 14.6 Å². The van der Waals surface area contributed by atoms with Gasteiger partial charge in [0.15, 0.2) is 0 Å². The van der Waals surface area contributed by atoms with Crippen LogP contribution in [-0.2, 0) is 0 Å². The molecule has 2 aromatic rings. The van der Waals surface area contributed by atoms with Gasteiger partial charge >= 0.3 is 0 Å². The highest BCUT2D eigenvalue weighted by molar-refractivity contribution is 9.10. The number of amides is 1. The van der Waals surface area contributed by atoms with E-state index < -0.39 is 0 Å². The van der Waals surface area contributed by atoms with Crippen molar-refractivity contribution >= 4 is 27.4 Å². The predicted octanol–water partition coefficient (Wildman–Crippen LogP) is 2.53. The molecule has 2 bridgehead atoms. The molecule has 2 aliphatic rings. The van der Waals surface area contributed by atoms with E-state index in [9.17, 15) is 4.79 Å². The first kappa shape index (κ1) is 13.3. The second kappa shape index (κ2) is 5.14. The topological polar surface area (TPSA) is 36.8 Å². The molecule has 4 rings (SSSR count). The van der Waals surface area contributed by atoms with E-state index in [0.29, 0.717) is 11.6 Å². The normalized spacial score (nSPS) is 28.0. The second-order valence-corrected chi connectivity index (χ2v) is 7.00. The summed E-state index contributed by atoms with van der Waals surface area (Å²) in [5.74, 6) is 0.801. The van der Waals surface area contributed by atoms with Crippen molar-refractivity contribution < 1.29 is 4.79 Å². The fraction of sp³-hybridized carbons (Fsp3) is 0.438. The first-order valence-corrected chi connectivity index (χ1v) is 8.28. The molecule has 0 radical (unpaired) electrons. The molecule has 21 heavy (non-hydrogen) atoms. The molecule has 110 valence electrons. The molecule has 0 saturated carbocycles. The zero-order chi connectivity index (χ0) is 14.4. The molecular formula is C16H18BrN3O. The van der Waals surface area contributed by atoms with Crippen molar-refractivity contribution in [3.8, 4) is 0 Å². The van der Waals surface area contributed by atoms with Gasteiger partial charge in [0.05, 0.1) is 10.2 Å². The van der Waals surface area contributed by atoms with Gasteiger partial charge in [0.1, 0.15) is 0 Å². The first-order chi connectivity index (χ1) is 10.2. The highest BCUT2D eigenvalue weighted by atomic mass is 79.9. The average molecular weight is 348 g/mol. The van der Waals surface area contributed by atoms with Crippen LogP contribution in [0.1, 0.15) is 23.2 Å². The largest absolute Gasteiger partial charge is 0.348 e. The van der Waals surface area contributed by atoms with Crippen LogP contribution in [0.4, 0.5) is 0 Å². The fourth-order valence-corrected chi connectivity index (χ4v) is 4.07. The monoisotopic (exact) mass is 347 g/mol. The van der Waals surface area contributed by atoms with Gasteiger partial charge in [-0.15, -0.1) is 0 Å². The lowest BCUT2D eigenvalue weighted by molar-refractivity contribution is 0.0909. The molecule has 5 heteroatoms. The summed E-state index contributed by atoms with van der Waals surface area (Å²) < 4.78 is 2.96. The number of nitrogens with zero attached hydrogens (tertiary/aromatic N) is 2. The van der Waals surface area contributed by atoms with E-state index in [1.807, 2.05) is 34.9 Å². The molecule has 2 saturated heterocycles. The van der Waals surface area contributed by atoms with Crippen molar-refractivity contribution in [1.29, 1.82) is 0 Å². The van der Waals surface area contributed by atoms with Crippen LogP contribution < -0.4 is 5.32 Å². The molecule has 1 N–H and O–H groups in total. The third-order valence-corrected chi connectivity index (χ3v) is 5.31. The van der Waals surface area contributed by atoms with Crippen molar-refractivity contribution in [2.75, 3.05) is 19.6 Å². The zero-order valence-electron chi connectivity index (χ0n) is 11.8. The highest BCUT2D eigenvalue weighted by Gasteiger charge is 2.32. The molecule has 0 aromatic carbocycles. The lowest BCUT2D eigenvalue weighted by Crippen LogP contribution is -2.47. The van der Waals surface area contributed by atoms with Crippen LogP contribution in [0.15, 0.2) is 35.1 Å². The molecule has 3 atom stereocenters. The molecule has 4 nitrogen and oxygen atoms in total. The Labute approximate surface area is 132 Å². The smallest absolute Gasteiger partial charge is 0.253 e. The number of fused-ring (bicyclic) bond motifs is 3. The fourth-order valence-electron chi connectivity index (χ4n) is 3.63. The summed E-state index contributed by atoms with van der Waals surface area (Å²) in [6.07, 6.45) is 4.30. The molecule has 0 aliphatic carbocycles. The van der Waals surface area contributed by atoms with Crippen molar-refractivity contribution in [2.45, 2.75) is 18.9 Å². The van der Waals surface area contributed by atoms with Crippen molar-refractivity contribution in [3.63, 3.8) is 0 Å². The molecule has 2 fully saturated rings. The Kier molecular flexibility index (Phi) is 3.27. The number of carbonyl (C=O) groups excluding carboxylic acids is 1. The van der Waals surface area contributed by atoms with E-state index >= 15 is 0 Å². The Bertz CT molecular complexity index is 684. The van der Waals surface area contributed by atoms with Crippen LogP contribution in [0.5, 0.6) is 0 Å². The van der Waals surface area contributed by atoms with E-state index in [-0.39, 0.29) is 5.91 Å². The number of carbonyl (C=O) groups is 1. The van der Waals surface area contributed by atoms with Gasteiger partial charge in [-0.2, -0.15) is 0 Å². The zero-order valence-corrected chi connectivity index (χ0v) is 13.3. The van der Waals surface area contributed by atoms with Gasteiger partial charge in [-0.3, -0.25) is 4.79 Å². The summed E-state index contributed by atoms with van der Waals surface area (Å²) in [4.78, 5) is 14.9. The van der Waals surface area contributed by atoms with Crippen LogP contribution in [0.3, 0.4) is 0 Å². The number of aromatic nitrogens is 1. The lowest BCUT2D eigenvalue weighted by atomic mass is 9.96. The van der Waals surface area contributed by atoms with Crippen LogP contribution in [-0.4, -0.2) is 40.9 Å². The van der Waals surface area contributed by atoms with E-state index in [2.05, 4.69) is 26.1 Å². The van der Waals surface area contributed by atoms with Crippen molar-refractivity contribution in [3.05, 3.63) is 40.6 Å². The number of hydrogen-bond donors (Lipinski definition) is 1. The van der Waals surface area contributed by atoms with Crippen LogP contribution >= 0.6 is 15.9 Å². The van der Waals surface area contributed by atoms with Gasteiger partial charge in [-0.05, 0) is 65.5 Å². The lowest BCUT2D eigenvalue weighted by Gasteiger charge is -2.30. The highest BCUT2D eigenvalue weighted by Crippen LogP contribution is 2.27. The van der Waals surface area contributed by atoms with Gasteiger partial charge in [-0.25, -0.2) is 0 Å². The Morgan fingerprint density at radius 2 is 2.10 bits per heavy atom. The quantitative estimate of drug-likeness (QED) is 0.906. The molecule has 1 unspecified atom stereocenters. The number of rotatable bonds is 2. The third kappa shape index (κ3) is 2.49. The maximum atomic E-state index is 12.5. The van der Waals surface area contributed by atoms with Crippen LogP contribution in [0, 0.1) is 5.92 Å². The minimum Gasteiger partial charge on any atom is -0.348 e. The van der Waals surface area contributed by atoms with Crippen molar-refractivity contribution in [2.24, 2.45) is 5.92 Å². The number of halogens is 1. The summed E-state index contributed by atoms with van der Waals surface area (Å²) in [5.41, 5.74) is 1.80. The van der Waals surface area contributed by atoms with Crippen molar-refractivity contribution in [1.82, 2.24) is 14.6 Å². The summed E-state index contributed by atoms with van der Waals surface area (Å²) in [6, 6.07) is 8.19. The number of pyridine rings is 1. The van der Waals surface area contributed by atoms with Crippen LogP contribution in [0.25, 0.3) is 5.52 Å². The van der Waals surface area contributed by atoms with Gasteiger partial charge in [-0.1, -0.05) is 0 Å². The van der Waals surface area contributed by atoms with Gasteiger partial charge in [0, 0.05) is 30.8 Å². The van der Waals surface area contributed by atoms with Gasteiger partial charge in [0.25, 0.3) is 5.91 Å². The molecule has 2 aliphatic heterocycles. The Morgan fingerprint density at radius 1 is 1.24 bits per heavy atom. The number of hydrogen-bond acceptors (Lipinski definition) is 2. The van der Waals surface area contributed by atoms with E-state index in [1.54, 1.807) is 0 Å². The number of nitrogens with one attached hydrogen (secondary N) is 1. The summed E-state index contributed by atoms with van der Waals surface area (Å²) in [6.45, 7) is 3.41. The minimum atomic E-state index is 0.0324. The third-order valence-electron chi connectivity index (χ3n) is 4.67. The predicted molar refractivity (Wildman–Crippen MR) is 85.5 cm³/mol. The first-order valence-electron chi connectivity index (χ1n) is 7.49. The van der Waals surface area contributed by atoms with Crippen LogP contribution in [0.2, 0.25) is 0 Å². The van der Waals surface area contributed by atoms with E-state index in [1.165, 1.54) is 19.5 Å².